The Bertz CT molecular complexity index is 1380. The Hall–Kier alpha value is -2.96. The first-order valence-corrected chi connectivity index (χ1v) is 12.7. The maximum absolute atomic E-state index is 13.4. The number of benzene rings is 2. The van der Waals surface area contributed by atoms with E-state index in [4.69, 9.17) is 9.84 Å². The summed E-state index contributed by atoms with van der Waals surface area (Å²) in [6.07, 6.45) is -4.05. The molecule has 2 heterocycles. The molecule has 0 radical (unpaired) electrons. The van der Waals surface area contributed by atoms with E-state index in [2.05, 4.69) is 4.98 Å². The third-order valence-electron chi connectivity index (χ3n) is 5.60. The van der Waals surface area contributed by atoms with Crippen LogP contribution in [0.3, 0.4) is 0 Å². The van der Waals surface area contributed by atoms with Crippen LogP contribution in [0.5, 0.6) is 5.75 Å². The molecule has 0 atom stereocenters. The van der Waals surface area contributed by atoms with Crippen LogP contribution in [0, 0.1) is 13.8 Å². The van der Waals surface area contributed by atoms with Crippen molar-refractivity contribution >= 4 is 27.3 Å². The number of fused-ring (bicyclic) bond motifs is 1. The molecule has 7 nitrogen and oxygen atoms in total. The van der Waals surface area contributed by atoms with Gasteiger partial charge in [-0.15, -0.1) is 11.3 Å². The summed E-state index contributed by atoms with van der Waals surface area (Å²) in [5.41, 5.74) is 1.45. The van der Waals surface area contributed by atoms with E-state index < -0.39 is 34.3 Å². The Morgan fingerprint density at radius 3 is 2.49 bits per heavy atom. The number of sulfonamides is 1. The topological polar surface area (TPSA) is 96.8 Å². The summed E-state index contributed by atoms with van der Waals surface area (Å²) < 4.78 is 72.0. The number of aromatic nitrogens is 1. The number of hydrogen-bond donors (Lipinski definition) is 1. The summed E-state index contributed by atoms with van der Waals surface area (Å²) >= 11 is 1.26. The lowest BCUT2D eigenvalue weighted by atomic mass is 10.1. The smallest absolute Gasteiger partial charge is 0.416 e. The Balaban J connectivity index is 1.57. The van der Waals surface area contributed by atoms with Gasteiger partial charge in [-0.25, -0.2) is 18.2 Å². The molecule has 0 unspecified atom stereocenters. The van der Waals surface area contributed by atoms with Crippen LogP contribution in [0.2, 0.25) is 0 Å². The van der Waals surface area contributed by atoms with E-state index in [9.17, 15) is 26.4 Å². The zero-order chi connectivity index (χ0) is 25.5. The Morgan fingerprint density at radius 1 is 1.17 bits per heavy atom. The summed E-state index contributed by atoms with van der Waals surface area (Å²) in [6.45, 7) is 3.04. The maximum atomic E-state index is 13.4. The summed E-state index contributed by atoms with van der Waals surface area (Å²) in [6, 6.07) is 7.71. The highest BCUT2D eigenvalue weighted by Gasteiger charge is 2.33. The molecule has 0 saturated heterocycles. The fourth-order valence-electron chi connectivity index (χ4n) is 3.78. The number of carboxylic acid groups (broad SMARTS) is 1. The van der Waals surface area contributed by atoms with Crippen molar-refractivity contribution < 1.29 is 36.2 Å². The Kier molecular flexibility index (Phi) is 6.64. The minimum atomic E-state index is -4.42. The van der Waals surface area contributed by atoms with Crippen molar-refractivity contribution in [1.82, 2.24) is 9.29 Å². The van der Waals surface area contributed by atoms with E-state index in [0.29, 0.717) is 33.9 Å². The third kappa shape index (κ3) is 5.19. The zero-order valence-electron chi connectivity index (χ0n) is 18.7. The average molecular weight is 527 g/mol. The van der Waals surface area contributed by atoms with Crippen molar-refractivity contribution in [3.05, 3.63) is 63.7 Å². The minimum absolute atomic E-state index is 0.103. The van der Waals surface area contributed by atoms with E-state index in [0.717, 1.165) is 22.7 Å². The molecule has 35 heavy (non-hydrogen) atoms. The number of ether oxygens (including phenoxy) is 1. The zero-order valence-corrected chi connectivity index (χ0v) is 20.4. The number of aliphatic carboxylic acids is 1. The molecule has 12 heteroatoms. The molecular weight excluding hydrogens is 505 g/mol. The molecule has 0 aliphatic carbocycles. The van der Waals surface area contributed by atoms with Crippen LogP contribution in [0.1, 0.15) is 27.3 Å². The van der Waals surface area contributed by atoms with Crippen LogP contribution in [-0.2, 0) is 34.0 Å². The monoisotopic (exact) mass is 526 g/mol. The van der Waals surface area contributed by atoms with Crippen molar-refractivity contribution in [3.63, 3.8) is 0 Å². The number of carbonyl (C=O) groups is 1. The van der Waals surface area contributed by atoms with Gasteiger partial charge in [0.2, 0.25) is 10.0 Å². The van der Waals surface area contributed by atoms with Gasteiger partial charge in [0.15, 0.2) is 6.61 Å². The van der Waals surface area contributed by atoms with Crippen molar-refractivity contribution in [1.29, 1.82) is 0 Å². The minimum Gasteiger partial charge on any atom is -0.482 e. The lowest BCUT2D eigenvalue weighted by molar-refractivity contribution is -0.139. The SMILES string of the molecule is Cc1cc(S(=O)(=O)N2CCc3nc(-c4ccc(C(F)(F)F)cc4)sc3C2)c(C)cc1OCC(=O)O. The highest BCUT2D eigenvalue weighted by Crippen LogP contribution is 2.36. The van der Waals surface area contributed by atoms with Gasteiger partial charge in [-0.3, -0.25) is 0 Å². The molecular formula is C23H21F3N2O5S2. The number of hydrogen-bond acceptors (Lipinski definition) is 6. The molecule has 186 valence electrons. The number of aryl methyl sites for hydroxylation is 2. The van der Waals surface area contributed by atoms with Gasteiger partial charge >= 0.3 is 12.1 Å². The summed E-state index contributed by atoms with van der Waals surface area (Å²) in [5.74, 6) is -0.837. The van der Waals surface area contributed by atoms with E-state index in [1.54, 1.807) is 13.8 Å². The number of carboxylic acids is 1. The average Bonchev–Trinajstić information content (AvgIpc) is 3.22. The number of thiazole rings is 1. The van der Waals surface area contributed by atoms with Crippen LogP contribution in [0.25, 0.3) is 10.6 Å². The molecule has 1 aliphatic rings. The van der Waals surface area contributed by atoms with Crippen LogP contribution in [0.15, 0.2) is 41.3 Å². The molecule has 0 amide bonds. The summed E-state index contributed by atoms with van der Waals surface area (Å²) in [4.78, 5) is 16.2. The van der Waals surface area contributed by atoms with Crippen molar-refractivity contribution in [2.75, 3.05) is 13.2 Å². The second kappa shape index (κ2) is 9.25. The molecule has 0 bridgehead atoms. The third-order valence-corrected chi connectivity index (χ3v) is 8.72. The Labute approximate surface area is 203 Å². The molecule has 4 rings (SSSR count). The van der Waals surface area contributed by atoms with Crippen molar-refractivity contribution in [2.45, 2.75) is 37.9 Å². The molecule has 0 saturated carbocycles. The lowest BCUT2D eigenvalue weighted by Crippen LogP contribution is -2.35. The van der Waals surface area contributed by atoms with E-state index in [-0.39, 0.29) is 18.0 Å². The first-order valence-electron chi connectivity index (χ1n) is 10.5. The second-order valence-corrected chi connectivity index (χ2v) is 11.1. The van der Waals surface area contributed by atoms with Gasteiger partial charge in [-0.2, -0.15) is 17.5 Å². The molecule has 3 aromatic rings. The van der Waals surface area contributed by atoms with Crippen LogP contribution in [-0.4, -0.2) is 41.9 Å². The standard InChI is InChI=1S/C23H21F3N2O5S2/c1-13-10-20(14(2)9-18(13)33-12-21(29)30)35(31,32)28-8-7-17-19(11-28)34-22(27-17)15-3-5-16(6-4-15)23(24,25)26/h3-6,9-10H,7-8,11-12H2,1-2H3,(H,29,30). The van der Waals surface area contributed by atoms with Gasteiger partial charge in [0, 0.05) is 23.4 Å². The molecule has 1 N–H and O–H groups in total. The first-order chi connectivity index (χ1) is 16.4. The molecule has 1 aliphatic heterocycles. The number of nitrogens with zero attached hydrogens (tertiary/aromatic N) is 2. The lowest BCUT2D eigenvalue weighted by Gasteiger charge is -2.26. The van der Waals surface area contributed by atoms with Gasteiger partial charge in [0.1, 0.15) is 10.8 Å². The van der Waals surface area contributed by atoms with Crippen LogP contribution in [0.4, 0.5) is 13.2 Å². The number of alkyl halides is 3. The predicted molar refractivity (Wildman–Crippen MR) is 123 cm³/mol. The Morgan fingerprint density at radius 2 is 1.86 bits per heavy atom. The van der Waals surface area contributed by atoms with Gasteiger partial charge in [-0.05, 0) is 49.2 Å². The van der Waals surface area contributed by atoms with Crippen LogP contribution < -0.4 is 4.74 Å². The quantitative estimate of drug-likeness (QED) is 0.502. The van der Waals surface area contributed by atoms with E-state index >= 15 is 0 Å². The fraction of sp³-hybridized carbons (Fsp3) is 0.304. The molecule has 0 spiro atoms. The van der Waals surface area contributed by atoms with Gasteiger partial charge in [0.25, 0.3) is 0 Å². The summed E-state index contributed by atoms with van der Waals surface area (Å²) in [5, 5.41) is 9.35. The molecule has 1 aromatic heterocycles. The normalized spacial score (nSPS) is 14.5. The predicted octanol–water partition coefficient (Wildman–Crippen LogP) is 4.66. The summed E-state index contributed by atoms with van der Waals surface area (Å²) in [7, 11) is -3.87. The van der Waals surface area contributed by atoms with Crippen LogP contribution >= 0.6 is 11.3 Å². The van der Waals surface area contributed by atoms with Gasteiger partial charge in [-0.1, -0.05) is 12.1 Å². The molecule has 0 fully saturated rings. The second-order valence-electron chi connectivity index (χ2n) is 8.12. The maximum Gasteiger partial charge on any atom is 0.416 e. The fourth-order valence-corrected chi connectivity index (χ4v) is 6.69. The largest absolute Gasteiger partial charge is 0.482 e. The highest BCUT2D eigenvalue weighted by molar-refractivity contribution is 7.89. The van der Waals surface area contributed by atoms with Gasteiger partial charge in [0.05, 0.1) is 22.7 Å². The highest BCUT2D eigenvalue weighted by atomic mass is 32.2. The van der Waals surface area contributed by atoms with E-state index in [1.807, 2.05) is 0 Å². The molecule has 2 aromatic carbocycles. The van der Waals surface area contributed by atoms with E-state index in [1.165, 1.54) is 39.9 Å². The van der Waals surface area contributed by atoms with Crippen molar-refractivity contribution in [3.8, 4) is 16.3 Å². The first kappa shape index (κ1) is 25.1. The number of halogens is 3. The number of rotatable bonds is 6. The van der Waals surface area contributed by atoms with Gasteiger partial charge < -0.3 is 9.84 Å². The van der Waals surface area contributed by atoms with Crippen molar-refractivity contribution in [2.24, 2.45) is 0 Å².